The molecular weight excluding hydrogens is 316 g/mol. The van der Waals surface area contributed by atoms with Crippen molar-refractivity contribution in [2.45, 2.75) is 38.6 Å². The van der Waals surface area contributed by atoms with Crippen LogP contribution < -0.4 is 14.9 Å². The van der Waals surface area contributed by atoms with Crippen LogP contribution in [0.2, 0.25) is 0 Å². The Bertz CT molecular complexity index is 801. The van der Waals surface area contributed by atoms with Gasteiger partial charge in [0, 0.05) is 12.1 Å². The molecule has 7 heteroatoms. The molecule has 1 aromatic carbocycles. The van der Waals surface area contributed by atoms with E-state index in [1.54, 1.807) is 6.92 Å². The molecule has 0 radical (unpaired) electrons. The Kier molecular flexibility index (Phi) is 4.89. The quantitative estimate of drug-likeness (QED) is 0.753. The van der Waals surface area contributed by atoms with Gasteiger partial charge in [0.2, 0.25) is 0 Å². The van der Waals surface area contributed by atoms with Gasteiger partial charge in [0.1, 0.15) is 34.9 Å². The van der Waals surface area contributed by atoms with E-state index in [4.69, 9.17) is 13.9 Å². The van der Waals surface area contributed by atoms with Gasteiger partial charge in [-0.25, -0.2) is 0 Å². The van der Waals surface area contributed by atoms with Gasteiger partial charge < -0.3 is 29.2 Å². The van der Waals surface area contributed by atoms with E-state index in [-0.39, 0.29) is 33.5 Å². The lowest BCUT2D eigenvalue weighted by Gasteiger charge is -2.30. The second-order valence-electron chi connectivity index (χ2n) is 6.16. The molecule has 0 saturated heterocycles. The molecule has 2 rings (SSSR count). The van der Waals surface area contributed by atoms with Crippen LogP contribution in [-0.2, 0) is 0 Å². The predicted molar refractivity (Wildman–Crippen MR) is 87.6 cm³/mol. The van der Waals surface area contributed by atoms with Crippen molar-refractivity contribution >= 4 is 11.0 Å². The molecule has 0 aliphatic rings. The van der Waals surface area contributed by atoms with E-state index in [1.807, 2.05) is 0 Å². The molecule has 132 valence electrons. The number of hydrogen-bond donors (Lipinski definition) is 3. The molecule has 1 aromatic heterocycles. The van der Waals surface area contributed by atoms with Gasteiger partial charge >= 0.3 is 0 Å². The number of hydrogen-bond acceptors (Lipinski definition) is 7. The monoisotopic (exact) mass is 338 g/mol. The summed E-state index contributed by atoms with van der Waals surface area (Å²) in [4.78, 5) is 12.3. The summed E-state index contributed by atoms with van der Waals surface area (Å²) in [6.45, 7) is 4.32. The Morgan fingerprint density at radius 3 is 2.21 bits per heavy atom. The predicted octanol–water partition coefficient (Wildman–Crippen LogP) is 1.28. The van der Waals surface area contributed by atoms with Gasteiger partial charge in [-0.05, 0) is 20.8 Å². The molecule has 0 aliphatic heterocycles. The first-order valence-corrected chi connectivity index (χ1v) is 7.39. The highest BCUT2D eigenvalue weighted by Crippen LogP contribution is 2.40. The normalized spacial score (nSPS) is 14.5. The minimum Gasteiger partial charge on any atom is -0.496 e. The summed E-state index contributed by atoms with van der Waals surface area (Å²) < 4.78 is 16.1. The van der Waals surface area contributed by atoms with Gasteiger partial charge in [-0.15, -0.1) is 0 Å². The molecule has 0 spiro atoms. The minimum atomic E-state index is -1.58. The Hall–Kier alpha value is -2.09. The first kappa shape index (κ1) is 18.3. The fourth-order valence-corrected chi connectivity index (χ4v) is 2.57. The van der Waals surface area contributed by atoms with Crippen LogP contribution in [-0.4, -0.2) is 41.2 Å². The highest BCUT2D eigenvalue weighted by Gasteiger charge is 2.36. The van der Waals surface area contributed by atoms with Crippen molar-refractivity contribution in [2.24, 2.45) is 0 Å². The van der Waals surface area contributed by atoms with Crippen LogP contribution in [0.3, 0.4) is 0 Å². The van der Waals surface area contributed by atoms with Gasteiger partial charge in [-0.2, -0.15) is 0 Å². The van der Waals surface area contributed by atoms with Crippen molar-refractivity contribution in [2.75, 3.05) is 14.2 Å². The second-order valence-corrected chi connectivity index (χ2v) is 6.16. The highest BCUT2D eigenvalue weighted by molar-refractivity contribution is 5.89. The maximum absolute atomic E-state index is 12.3. The van der Waals surface area contributed by atoms with Crippen LogP contribution in [0.4, 0.5) is 0 Å². The van der Waals surface area contributed by atoms with Crippen molar-refractivity contribution < 1.29 is 29.2 Å². The molecule has 2 atom stereocenters. The van der Waals surface area contributed by atoms with Gasteiger partial charge in [-0.1, -0.05) is 0 Å². The standard InChI is InChI=1S/C17H22O7/c1-8-6-9(18)12-10(22-4)7-11(23-5)13(15(12)24-8)14(19)16(20)17(2,3)21/h6-7,14,16,19-21H,1-5H3/t14-,16+/m1/s1. The van der Waals surface area contributed by atoms with Gasteiger partial charge in [0.05, 0.1) is 25.4 Å². The Morgan fingerprint density at radius 2 is 1.71 bits per heavy atom. The highest BCUT2D eigenvalue weighted by atomic mass is 16.5. The van der Waals surface area contributed by atoms with Gasteiger partial charge in [-0.3, -0.25) is 4.79 Å². The average Bonchev–Trinajstić information content (AvgIpc) is 2.50. The minimum absolute atomic E-state index is 0.0481. The number of fused-ring (bicyclic) bond motifs is 1. The maximum atomic E-state index is 12.3. The summed E-state index contributed by atoms with van der Waals surface area (Å²) in [6, 6.07) is 2.74. The van der Waals surface area contributed by atoms with Crippen molar-refractivity contribution in [3.05, 3.63) is 33.7 Å². The molecule has 2 aromatic rings. The van der Waals surface area contributed by atoms with E-state index < -0.39 is 17.8 Å². The molecule has 0 saturated carbocycles. The molecule has 0 bridgehead atoms. The number of benzene rings is 1. The Morgan fingerprint density at radius 1 is 1.12 bits per heavy atom. The number of methoxy groups -OCH3 is 2. The SMILES string of the molecule is COc1cc(OC)c2c(=O)cc(C)oc2c1[C@@H](O)[C@H](O)C(C)(C)O. The zero-order chi connectivity index (χ0) is 18.2. The van der Waals surface area contributed by atoms with Crippen LogP contribution >= 0.6 is 0 Å². The lowest BCUT2D eigenvalue weighted by atomic mass is 9.91. The summed E-state index contributed by atoms with van der Waals surface area (Å²) in [7, 11) is 2.77. The fourth-order valence-electron chi connectivity index (χ4n) is 2.57. The Balaban J connectivity index is 2.88. The van der Waals surface area contributed by atoms with Crippen molar-refractivity contribution in [3.63, 3.8) is 0 Å². The zero-order valence-electron chi connectivity index (χ0n) is 14.3. The third kappa shape index (κ3) is 3.10. The number of aryl methyl sites for hydroxylation is 1. The molecule has 7 nitrogen and oxygen atoms in total. The third-order valence-electron chi connectivity index (χ3n) is 3.85. The van der Waals surface area contributed by atoms with E-state index >= 15 is 0 Å². The van der Waals surface area contributed by atoms with Crippen molar-refractivity contribution in [1.82, 2.24) is 0 Å². The molecule has 0 amide bonds. The smallest absolute Gasteiger partial charge is 0.196 e. The first-order chi connectivity index (χ1) is 11.1. The van der Waals surface area contributed by atoms with Crippen LogP contribution in [0.15, 0.2) is 21.3 Å². The van der Waals surface area contributed by atoms with Crippen LogP contribution in [0.5, 0.6) is 11.5 Å². The molecule has 0 aliphatic carbocycles. The van der Waals surface area contributed by atoms with Crippen LogP contribution in [0.25, 0.3) is 11.0 Å². The fraction of sp³-hybridized carbons (Fsp3) is 0.471. The zero-order valence-corrected chi connectivity index (χ0v) is 14.3. The first-order valence-electron chi connectivity index (χ1n) is 7.39. The number of aliphatic hydroxyl groups excluding tert-OH is 2. The summed E-state index contributed by atoms with van der Waals surface area (Å²) in [5, 5.41) is 31.0. The third-order valence-corrected chi connectivity index (χ3v) is 3.85. The van der Waals surface area contributed by atoms with Crippen molar-refractivity contribution in [3.8, 4) is 11.5 Å². The molecule has 0 fully saturated rings. The average molecular weight is 338 g/mol. The topological polar surface area (TPSA) is 109 Å². The summed E-state index contributed by atoms with van der Waals surface area (Å²) in [5.74, 6) is 0.724. The van der Waals surface area contributed by atoms with E-state index in [9.17, 15) is 20.1 Å². The molecular formula is C17H22O7. The number of rotatable bonds is 5. The van der Waals surface area contributed by atoms with Crippen LogP contribution in [0, 0.1) is 6.92 Å². The van der Waals surface area contributed by atoms with E-state index in [1.165, 1.54) is 40.2 Å². The molecule has 3 N–H and O–H groups in total. The molecule has 0 unspecified atom stereocenters. The lowest BCUT2D eigenvalue weighted by Crippen LogP contribution is -2.40. The molecule has 1 heterocycles. The number of aliphatic hydroxyl groups is 3. The van der Waals surface area contributed by atoms with Gasteiger partial charge in [0.25, 0.3) is 0 Å². The van der Waals surface area contributed by atoms with Gasteiger partial charge in [0.15, 0.2) is 11.0 Å². The van der Waals surface area contributed by atoms with E-state index in [0.717, 1.165) is 0 Å². The van der Waals surface area contributed by atoms with Crippen LogP contribution in [0.1, 0.15) is 31.3 Å². The summed E-state index contributed by atoms with van der Waals surface area (Å²) >= 11 is 0. The second kappa shape index (κ2) is 6.43. The Labute approximate surface area is 139 Å². The number of ether oxygens (including phenoxy) is 2. The largest absolute Gasteiger partial charge is 0.496 e. The summed E-state index contributed by atoms with van der Waals surface area (Å²) in [6.07, 6.45) is -3.08. The van der Waals surface area contributed by atoms with E-state index in [2.05, 4.69) is 0 Å². The maximum Gasteiger partial charge on any atom is 0.196 e. The lowest BCUT2D eigenvalue weighted by molar-refractivity contribution is -0.107. The van der Waals surface area contributed by atoms with E-state index in [0.29, 0.717) is 5.76 Å². The van der Waals surface area contributed by atoms with Crippen molar-refractivity contribution in [1.29, 1.82) is 0 Å². The molecule has 24 heavy (non-hydrogen) atoms. The summed E-state index contributed by atoms with van der Waals surface area (Å²) in [5.41, 5.74) is -1.81.